The first-order valence-corrected chi connectivity index (χ1v) is 33.1. The van der Waals surface area contributed by atoms with Crippen LogP contribution < -0.4 is 50.8 Å². The highest BCUT2D eigenvalue weighted by atomic mass is 35.5. The number of carbonyl (C=O) groups excluding carboxylic acids is 2. The SMILES string of the molecule is O=C(NCCCCNC(=O)NCCOCCOCCNS(=O)(=O)c1ccc(O[C@H]2c3cc(Cl)cc(Cl)c3C[C@@H]2N2CCNCC2)c(F)c1)NCCOCCOCCNS(=O)(=O)c1ccc(O[C@H]2c3cc(Cl)cc(Cl)c3C[C@@H]2N2CCNCC2)c(F)c1. The maximum absolute atomic E-state index is 15.5. The number of nitrogens with zero attached hydrogens (tertiary/aromatic N) is 2. The van der Waals surface area contributed by atoms with Gasteiger partial charge in [0.25, 0.3) is 0 Å². The largest absolute Gasteiger partial charge is 0.481 e. The van der Waals surface area contributed by atoms with E-state index in [1.807, 2.05) is 0 Å². The van der Waals surface area contributed by atoms with Gasteiger partial charge in [0.05, 0.1) is 74.7 Å². The van der Waals surface area contributed by atoms with Crippen LogP contribution in [0.15, 0.2) is 70.5 Å². The first-order chi connectivity index (χ1) is 41.5. The average molecular weight is 1320 g/mol. The number of carbonyl (C=O) groups is 2. The van der Waals surface area contributed by atoms with Crippen LogP contribution in [0.2, 0.25) is 20.1 Å². The van der Waals surface area contributed by atoms with Crippen molar-refractivity contribution in [3.05, 3.63) is 115 Å². The van der Waals surface area contributed by atoms with E-state index in [9.17, 15) is 26.4 Å². The number of unbranched alkanes of at least 4 members (excludes halogenated alkanes) is 1. The number of hydrogen-bond acceptors (Lipinski definition) is 16. The highest BCUT2D eigenvalue weighted by Gasteiger charge is 2.42. The number of rotatable bonds is 33. The summed E-state index contributed by atoms with van der Waals surface area (Å²) < 4.78 is 122. The van der Waals surface area contributed by atoms with E-state index in [4.69, 9.17) is 74.8 Å². The third-order valence-electron chi connectivity index (χ3n) is 14.8. The number of amides is 4. The summed E-state index contributed by atoms with van der Waals surface area (Å²) in [5, 5.41) is 19.4. The number of urea groups is 2. The molecule has 8 rings (SSSR count). The van der Waals surface area contributed by atoms with Crippen LogP contribution in [0.4, 0.5) is 18.4 Å². The van der Waals surface area contributed by atoms with Crippen LogP contribution >= 0.6 is 46.4 Å². The van der Waals surface area contributed by atoms with Crippen molar-refractivity contribution >= 4 is 78.5 Å². The van der Waals surface area contributed by atoms with Gasteiger partial charge in [0.2, 0.25) is 20.0 Å². The standard InChI is InChI=1S/C56H74Cl4F2N10O12S2/c57-37-29-43-41(45(59)31-37)35-49(71-17-9-63-10-18-71)53(43)83-51-5-3-39(33-47(51)61)85(75,76)69-15-23-81-27-25-79-21-13-67-55(73)65-7-1-2-8-66-56(74)68-14-22-80-26-28-82-24-16-70-86(77,78)40-4-6-52(48(62)34-40)84-54-44-30-38(58)32-46(60)42(44)36-50(54)72-19-11-64-12-20-72/h3-6,29-34,49-50,53-54,63-64,69-70H,1-2,7-28,35-36H2,(H2,65,67,73)(H2,66,68,74)/t49-,50-,53-,54-/m0/s1. The van der Waals surface area contributed by atoms with Gasteiger partial charge in [-0.05, 0) is 97.5 Å². The lowest BCUT2D eigenvalue weighted by Crippen LogP contribution is -2.50. The molecule has 0 saturated carbocycles. The van der Waals surface area contributed by atoms with E-state index in [1.54, 1.807) is 24.3 Å². The second kappa shape index (κ2) is 33.4. The molecule has 30 heteroatoms. The van der Waals surface area contributed by atoms with Crippen LogP contribution in [-0.4, -0.2) is 195 Å². The van der Waals surface area contributed by atoms with E-state index in [0.717, 1.165) is 86.7 Å². The van der Waals surface area contributed by atoms with Crippen molar-refractivity contribution < 1.29 is 63.6 Å². The predicted octanol–water partition coefficient (Wildman–Crippen LogP) is 5.18. The van der Waals surface area contributed by atoms with Gasteiger partial charge in [0.15, 0.2) is 23.1 Å². The van der Waals surface area contributed by atoms with Gasteiger partial charge in [-0.1, -0.05) is 46.4 Å². The van der Waals surface area contributed by atoms with Gasteiger partial charge in [-0.2, -0.15) is 0 Å². The molecule has 0 unspecified atom stereocenters. The Balaban J connectivity index is 0.587. The van der Waals surface area contributed by atoms with Crippen LogP contribution in [0.25, 0.3) is 0 Å². The van der Waals surface area contributed by atoms with Crippen molar-refractivity contribution in [1.29, 1.82) is 0 Å². The van der Waals surface area contributed by atoms with Gasteiger partial charge in [0.1, 0.15) is 12.2 Å². The summed E-state index contributed by atoms with van der Waals surface area (Å²) in [6.07, 6.45) is 1.30. The quantitative estimate of drug-likeness (QED) is 0.0286. The van der Waals surface area contributed by atoms with Gasteiger partial charge in [-0.15, -0.1) is 0 Å². The smallest absolute Gasteiger partial charge is 0.314 e. The fraction of sp³-hybridized carbons (Fsp3) is 0.536. The first kappa shape index (κ1) is 67.5. The highest BCUT2D eigenvalue weighted by molar-refractivity contribution is 7.89. The zero-order valence-corrected chi connectivity index (χ0v) is 52.0. The maximum Gasteiger partial charge on any atom is 0.314 e. The van der Waals surface area contributed by atoms with Gasteiger partial charge < -0.3 is 60.3 Å². The van der Waals surface area contributed by atoms with Crippen molar-refractivity contribution in [1.82, 2.24) is 51.1 Å². The number of nitrogens with one attached hydrogen (secondary N) is 8. The van der Waals surface area contributed by atoms with Gasteiger partial charge in [0, 0.05) is 123 Å². The molecule has 86 heavy (non-hydrogen) atoms. The molecule has 2 saturated heterocycles. The second-order valence-corrected chi connectivity index (χ2v) is 25.8. The van der Waals surface area contributed by atoms with E-state index in [2.05, 4.69) is 51.1 Å². The average Bonchev–Trinajstić information content (AvgIpc) is 1.77. The van der Waals surface area contributed by atoms with Crippen molar-refractivity contribution in [2.75, 3.05) is 144 Å². The Morgan fingerprint density at radius 2 is 0.860 bits per heavy atom. The topological polar surface area (TPSA) is 261 Å². The minimum atomic E-state index is -4.07. The molecule has 4 atom stereocenters. The fourth-order valence-electron chi connectivity index (χ4n) is 10.5. The summed E-state index contributed by atoms with van der Waals surface area (Å²) in [5.74, 6) is -1.83. The number of ether oxygens (including phenoxy) is 6. The summed E-state index contributed by atoms with van der Waals surface area (Å²) in [5.41, 5.74) is 3.35. The molecule has 2 aliphatic carbocycles. The van der Waals surface area contributed by atoms with E-state index in [1.165, 1.54) is 24.3 Å². The number of sulfonamides is 2. The molecule has 4 aromatic carbocycles. The van der Waals surface area contributed by atoms with Gasteiger partial charge in [-0.25, -0.2) is 44.6 Å². The molecular weight excluding hydrogens is 1250 g/mol. The lowest BCUT2D eigenvalue weighted by Gasteiger charge is -2.36. The maximum atomic E-state index is 15.5. The Kier molecular flexibility index (Phi) is 26.2. The van der Waals surface area contributed by atoms with E-state index in [-0.39, 0.29) is 124 Å². The molecular formula is C56H74Cl4F2N10O12S2. The number of halogens is 6. The third kappa shape index (κ3) is 19.5. The molecule has 0 aromatic heterocycles. The Morgan fingerprint density at radius 3 is 1.23 bits per heavy atom. The van der Waals surface area contributed by atoms with Crippen molar-refractivity contribution in [3.8, 4) is 11.5 Å². The van der Waals surface area contributed by atoms with Crippen LogP contribution in [0, 0.1) is 11.6 Å². The number of fused-ring (bicyclic) bond motifs is 2. The summed E-state index contributed by atoms with van der Waals surface area (Å²) >= 11 is 25.8. The zero-order chi connectivity index (χ0) is 61.1. The molecule has 2 heterocycles. The molecule has 0 spiro atoms. The van der Waals surface area contributed by atoms with Crippen molar-refractivity contribution in [3.63, 3.8) is 0 Å². The van der Waals surface area contributed by atoms with Gasteiger partial charge in [-0.3, -0.25) is 9.80 Å². The van der Waals surface area contributed by atoms with E-state index in [0.29, 0.717) is 58.9 Å². The molecule has 22 nitrogen and oxygen atoms in total. The normalized spacial score (nSPS) is 19.0. The molecule has 0 bridgehead atoms. The lowest BCUT2D eigenvalue weighted by molar-refractivity contribution is 0.0516. The lowest BCUT2D eigenvalue weighted by atomic mass is 10.1. The van der Waals surface area contributed by atoms with Gasteiger partial charge >= 0.3 is 12.1 Å². The highest BCUT2D eigenvalue weighted by Crippen LogP contribution is 2.45. The minimum absolute atomic E-state index is 0.0357. The molecule has 0 radical (unpaired) electrons. The van der Waals surface area contributed by atoms with Crippen LogP contribution in [0.3, 0.4) is 0 Å². The van der Waals surface area contributed by atoms with Crippen molar-refractivity contribution in [2.24, 2.45) is 0 Å². The van der Waals surface area contributed by atoms with Crippen LogP contribution in [0.5, 0.6) is 11.5 Å². The predicted molar refractivity (Wildman–Crippen MR) is 322 cm³/mol. The second-order valence-electron chi connectivity index (χ2n) is 20.6. The zero-order valence-electron chi connectivity index (χ0n) is 47.3. The minimum Gasteiger partial charge on any atom is -0.481 e. The van der Waals surface area contributed by atoms with Crippen molar-refractivity contribution in [2.45, 2.75) is 59.8 Å². The molecule has 2 fully saturated rings. The Labute approximate surface area is 520 Å². The summed E-state index contributed by atoms with van der Waals surface area (Å²) in [6, 6.07) is 13.0. The third-order valence-corrected chi connectivity index (χ3v) is 18.8. The molecule has 4 aromatic rings. The molecule has 474 valence electrons. The molecule has 4 amide bonds. The molecule has 8 N–H and O–H groups in total. The number of piperazine rings is 2. The van der Waals surface area contributed by atoms with E-state index >= 15 is 8.78 Å². The Bertz CT molecular complexity index is 2940. The summed E-state index contributed by atoms with van der Waals surface area (Å²) in [4.78, 5) is 28.3. The Hall–Kier alpha value is -4.46. The Morgan fingerprint density at radius 1 is 0.500 bits per heavy atom. The fourth-order valence-corrected chi connectivity index (χ4v) is 13.7. The monoisotopic (exact) mass is 1320 g/mol. The summed E-state index contributed by atoms with van der Waals surface area (Å²) in [6.45, 7) is 8.71. The van der Waals surface area contributed by atoms with E-state index < -0.39 is 43.9 Å². The van der Waals surface area contributed by atoms with Crippen LogP contribution in [-0.2, 0) is 51.8 Å². The summed E-state index contributed by atoms with van der Waals surface area (Å²) in [7, 11) is -8.14. The molecule has 2 aliphatic heterocycles. The number of benzene rings is 4. The first-order valence-electron chi connectivity index (χ1n) is 28.6. The van der Waals surface area contributed by atoms with Crippen LogP contribution in [0.1, 0.15) is 47.3 Å². The molecule has 4 aliphatic rings. The number of hydrogen-bond donors (Lipinski definition) is 8.